The minimum atomic E-state index is -4.38. The molecule has 1 atom stereocenters. The Bertz CT molecular complexity index is 384. The van der Waals surface area contributed by atoms with Gasteiger partial charge in [0.2, 0.25) is 0 Å². The highest BCUT2D eigenvalue weighted by atomic mass is 19.4. The number of alkyl halides is 3. The Hall–Kier alpha value is -1.14. The molecule has 1 unspecified atom stereocenters. The van der Waals surface area contributed by atoms with E-state index in [1.54, 1.807) is 0 Å². The predicted octanol–water partition coefficient (Wildman–Crippen LogP) is 2.24. The zero-order valence-electron chi connectivity index (χ0n) is 9.60. The van der Waals surface area contributed by atoms with Crippen LogP contribution < -0.4 is 10.6 Å². The quantitative estimate of drug-likeness (QED) is 0.813. The van der Waals surface area contributed by atoms with Gasteiger partial charge in [0.25, 0.3) is 0 Å². The van der Waals surface area contributed by atoms with E-state index in [0.717, 1.165) is 25.2 Å². The molecule has 0 amide bonds. The first-order chi connectivity index (χ1) is 8.47. The molecule has 18 heavy (non-hydrogen) atoms. The fraction of sp³-hybridized carbons (Fsp3) is 0.500. The van der Waals surface area contributed by atoms with E-state index in [4.69, 9.17) is 0 Å². The van der Waals surface area contributed by atoms with E-state index in [1.807, 2.05) is 0 Å². The number of halogens is 4. The van der Waals surface area contributed by atoms with Gasteiger partial charge in [-0.15, -0.1) is 0 Å². The van der Waals surface area contributed by atoms with E-state index in [2.05, 4.69) is 10.6 Å². The van der Waals surface area contributed by atoms with Crippen molar-refractivity contribution >= 4 is 0 Å². The van der Waals surface area contributed by atoms with Crippen molar-refractivity contribution in [1.82, 2.24) is 10.6 Å². The highest BCUT2D eigenvalue weighted by molar-refractivity contribution is 5.21. The van der Waals surface area contributed by atoms with Crippen molar-refractivity contribution < 1.29 is 17.6 Å². The highest BCUT2D eigenvalue weighted by Gasteiger charge is 2.40. The molecule has 1 aliphatic heterocycles. The molecule has 0 radical (unpaired) electrons. The average Bonchev–Trinajstić information content (AvgIpc) is 2.22. The van der Waals surface area contributed by atoms with E-state index >= 15 is 0 Å². The molecular weight excluding hydrogens is 248 g/mol. The van der Waals surface area contributed by atoms with E-state index in [-0.39, 0.29) is 11.5 Å². The van der Waals surface area contributed by atoms with Gasteiger partial charge in [0, 0.05) is 19.6 Å². The third kappa shape index (κ3) is 3.20. The van der Waals surface area contributed by atoms with Crippen LogP contribution in [0.2, 0.25) is 0 Å². The number of rotatable bonds is 4. The molecule has 1 saturated heterocycles. The predicted molar refractivity (Wildman–Crippen MR) is 59.6 cm³/mol. The number of nitrogens with one attached hydrogen (secondary N) is 2. The summed E-state index contributed by atoms with van der Waals surface area (Å²) < 4.78 is 51.4. The van der Waals surface area contributed by atoms with Crippen LogP contribution in [0.25, 0.3) is 0 Å². The zero-order valence-corrected chi connectivity index (χ0v) is 9.60. The maximum Gasteiger partial charge on any atom is 0.407 e. The van der Waals surface area contributed by atoms with Gasteiger partial charge in [-0.25, -0.2) is 4.39 Å². The summed E-state index contributed by atoms with van der Waals surface area (Å²) >= 11 is 0. The van der Waals surface area contributed by atoms with Crippen molar-refractivity contribution in [3.63, 3.8) is 0 Å². The van der Waals surface area contributed by atoms with Crippen molar-refractivity contribution in [3.05, 3.63) is 35.6 Å². The van der Waals surface area contributed by atoms with Crippen LogP contribution in [0.4, 0.5) is 17.6 Å². The molecule has 2 N–H and O–H groups in total. The van der Waals surface area contributed by atoms with E-state index in [9.17, 15) is 17.6 Å². The lowest BCUT2D eigenvalue weighted by Gasteiger charge is -2.30. The fourth-order valence-corrected chi connectivity index (χ4v) is 1.86. The maximum atomic E-state index is 12.9. The van der Waals surface area contributed by atoms with Crippen LogP contribution in [0.3, 0.4) is 0 Å². The number of hydrogen-bond acceptors (Lipinski definition) is 2. The van der Waals surface area contributed by atoms with Gasteiger partial charge in [0.1, 0.15) is 11.9 Å². The van der Waals surface area contributed by atoms with Gasteiger partial charge in [-0.2, -0.15) is 13.2 Å². The second-order valence-electron chi connectivity index (χ2n) is 4.46. The molecule has 0 spiro atoms. The molecule has 0 saturated carbocycles. The first-order valence-corrected chi connectivity index (χ1v) is 5.73. The fourth-order valence-electron chi connectivity index (χ4n) is 1.86. The molecule has 100 valence electrons. The lowest BCUT2D eigenvalue weighted by Crippen LogP contribution is -2.49. The zero-order chi connectivity index (χ0) is 13.2. The molecule has 1 fully saturated rings. The van der Waals surface area contributed by atoms with Crippen LogP contribution >= 0.6 is 0 Å². The Kier molecular flexibility index (Phi) is 3.87. The molecular formula is C12H14F4N2. The Labute approximate surface area is 102 Å². The smallest absolute Gasteiger partial charge is 0.316 e. The summed E-state index contributed by atoms with van der Waals surface area (Å²) in [5.74, 6) is -0.307. The molecule has 0 aliphatic carbocycles. The van der Waals surface area contributed by atoms with Gasteiger partial charge >= 0.3 is 6.18 Å². The van der Waals surface area contributed by atoms with Gasteiger partial charge in [-0.05, 0) is 23.6 Å². The van der Waals surface area contributed by atoms with Crippen LogP contribution in [0.1, 0.15) is 11.6 Å². The molecule has 0 bridgehead atoms. The van der Waals surface area contributed by atoms with E-state index < -0.39 is 18.0 Å². The van der Waals surface area contributed by atoms with Crippen molar-refractivity contribution in [2.45, 2.75) is 12.2 Å². The van der Waals surface area contributed by atoms with Crippen molar-refractivity contribution in [1.29, 1.82) is 0 Å². The van der Waals surface area contributed by atoms with E-state index in [1.165, 1.54) is 12.1 Å². The number of benzene rings is 1. The first-order valence-electron chi connectivity index (χ1n) is 5.73. The summed E-state index contributed by atoms with van der Waals surface area (Å²) in [5, 5.41) is 5.51. The lowest BCUT2D eigenvalue weighted by molar-refractivity contribution is -0.158. The summed E-state index contributed by atoms with van der Waals surface area (Å²) in [5.41, 5.74) is 0.0381. The lowest BCUT2D eigenvalue weighted by atomic mass is 10.0. The van der Waals surface area contributed by atoms with Crippen LogP contribution in [0.15, 0.2) is 24.3 Å². The summed E-state index contributed by atoms with van der Waals surface area (Å²) in [7, 11) is 0. The monoisotopic (exact) mass is 262 g/mol. The van der Waals surface area contributed by atoms with Gasteiger partial charge in [-0.1, -0.05) is 12.1 Å². The minimum Gasteiger partial charge on any atom is -0.316 e. The molecule has 2 nitrogen and oxygen atoms in total. The van der Waals surface area contributed by atoms with Crippen molar-refractivity contribution in [2.75, 3.05) is 19.6 Å². The summed E-state index contributed by atoms with van der Waals surface area (Å²) in [6, 6.07) is 2.68. The molecule has 1 aromatic carbocycles. The van der Waals surface area contributed by atoms with Gasteiger partial charge in [0.15, 0.2) is 0 Å². The normalized spacial score (nSPS) is 18.4. The van der Waals surface area contributed by atoms with Crippen LogP contribution in [-0.4, -0.2) is 25.8 Å². The highest BCUT2D eigenvalue weighted by Crippen LogP contribution is 2.32. The first kappa shape index (κ1) is 13.3. The second-order valence-corrected chi connectivity index (χ2v) is 4.46. The topological polar surface area (TPSA) is 24.1 Å². The Morgan fingerprint density at radius 2 is 1.83 bits per heavy atom. The Balaban J connectivity index is 2.06. The Morgan fingerprint density at radius 3 is 2.28 bits per heavy atom. The molecule has 1 aromatic rings. The average molecular weight is 262 g/mol. The molecule has 0 aromatic heterocycles. The molecule has 6 heteroatoms. The van der Waals surface area contributed by atoms with Crippen LogP contribution in [0, 0.1) is 11.7 Å². The summed E-state index contributed by atoms with van der Waals surface area (Å²) in [6.45, 7) is 1.77. The largest absolute Gasteiger partial charge is 0.407 e. The van der Waals surface area contributed by atoms with Crippen molar-refractivity contribution in [3.8, 4) is 0 Å². The van der Waals surface area contributed by atoms with Crippen molar-refractivity contribution in [2.24, 2.45) is 5.92 Å². The van der Waals surface area contributed by atoms with Crippen LogP contribution in [0.5, 0.6) is 0 Å². The number of hydrogen-bond donors (Lipinski definition) is 2. The molecule has 2 rings (SSSR count). The minimum absolute atomic E-state index is 0.0381. The van der Waals surface area contributed by atoms with Crippen LogP contribution in [-0.2, 0) is 0 Å². The third-order valence-corrected chi connectivity index (χ3v) is 3.01. The molecule has 1 heterocycles. The Morgan fingerprint density at radius 1 is 1.22 bits per heavy atom. The SMILES string of the molecule is Fc1ccc(C(NCC2CNC2)C(F)(F)F)cc1. The maximum absolute atomic E-state index is 12.9. The van der Waals surface area contributed by atoms with Gasteiger partial charge < -0.3 is 10.6 Å². The van der Waals surface area contributed by atoms with Gasteiger partial charge in [0.05, 0.1) is 0 Å². The third-order valence-electron chi connectivity index (χ3n) is 3.01. The summed E-state index contributed by atoms with van der Waals surface area (Å²) in [6.07, 6.45) is -4.38. The van der Waals surface area contributed by atoms with Gasteiger partial charge in [-0.3, -0.25) is 0 Å². The summed E-state index contributed by atoms with van der Waals surface area (Å²) in [4.78, 5) is 0. The molecule has 1 aliphatic rings. The standard InChI is InChI=1S/C12H14F4N2/c13-10-3-1-9(2-4-10)11(12(14,15)16)18-7-8-5-17-6-8/h1-4,8,11,17-18H,5-7H2. The second kappa shape index (κ2) is 5.24. The van der Waals surface area contributed by atoms with E-state index in [0.29, 0.717) is 6.54 Å².